The molecule has 0 aliphatic carbocycles. The van der Waals surface area contributed by atoms with E-state index in [0.29, 0.717) is 6.61 Å². The molecule has 0 amide bonds. The second-order valence-electron chi connectivity index (χ2n) is 3.58. The summed E-state index contributed by atoms with van der Waals surface area (Å²) in [6, 6.07) is 0. The smallest absolute Gasteiger partial charge is 0.0885 e. The zero-order valence-corrected chi connectivity index (χ0v) is 9.09. The van der Waals surface area contributed by atoms with Crippen LogP contribution in [0.4, 0.5) is 0 Å². The lowest BCUT2D eigenvalue weighted by molar-refractivity contribution is 0.00133. The zero-order valence-electron chi connectivity index (χ0n) is 9.09. The molecule has 0 saturated carbocycles. The average molecular weight is 184 g/mol. The second kappa shape index (κ2) is 5.81. The fourth-order valence-electron chi connectivity index (χ4n) is 0.816. The van der Waals surface area contributed by atoms with Gasteiger partial charge in [-0.1, -0.05) is 6.08 Å². The van der Waals surface area contributed by atoms with Crippen molar-refractivity contribution in [2.24, 2.45) is 0 Å². The van der Waals surface area contributed by atoms with E-state index in [1.807, 2.05) is 13.0 Å². The largest absolute Gasteiger partial charge is 0.502 e. The molecule has 2 nitrogen and oxygen atoms in total. The van der Waals surface area contributed by atoms with E-state index in [1.165, 1.54) is 0 Å². The minimum Gasteiger partial charge on any atom is -0.502 e. The molecule has 0 aromatic carbocycles. The first kappa shape index (κ1) is 12.2. The number of rotatable bonds is 6. The summed E-state index contributed by atoms with van der Waals surface area (Å²) < 4.78 is 10.6. The molecule has 0 unspecified atom stereocenters. The van der Waals surface area contributed by atoms with E-state index in [-0.39, 0.29) is 5.60 Å². The van der Waals surface area contributed by atoms with Gasteiger partial charge in [0, 0.05) is 0 Å². The van der Waals surface area contributed by atoms with E-state index in [4.69, 9.17) is 9.47 Å². The molecule has 76 valence electrons. The van der Waals surface area contributed by atoms with Gasteiger partial charge in [-0.25, -0.2) is 0 Å². The first-order valence-electron chi connectivity index (χ1n) is 4.47. The van der Waals surface area contributed by atoms with Crippen molar-refractivity contribution in [3.05, 3.63) is 24.5 Å². The van der Waals surface area contributed by atoms with Crippen LogP contribution in [-0.2, 0) is 9.47 Å². The summed E-state index contributed by atoms with van der Waals surface area (Å²) in [5.41, 5.74) is -0.145. The Morgan fingerprint density at radius 1 is 1.46 bits per heavy atom. The Kier molecular flexibility index (Phi) is 5.47. The Morgan fingerprint density at radius 3 is 2.54 bits per heavy atom. The highest BCUT2D eigenvalue weighted by molar-refractivity contribution is 4.93. The molecule has 0 atom stereocenters. The molecule has 0 aromatic heterocycles. The number of allylic oxidation sites excluding steroid dienone is 1. The molecule has 0 N–H and O–H groups in total. The third kappa shape index (κ3) is 6.41. The van der Waals surface area contributed by atoms with Gasteiger partial charge in [0.1, 0.15) is 0 Å². The average Bonchev–Trinajstić information content (AvgIpc) is 2.11. The van der Waals surface area contributed by atoms with Gasteiger partial charge < -0.3 is 9.47 Å². The molecule has 0 radical (unpaired) electrons. The molecule has 0 saturated heterocycles. The van der Waals surface area contributed by atoms with Gasteiger partial charge >= 0.3 is 0 Å². The molecular weight excluding hydrogens is 164 g/mol. The number of methoxy groups -OCH3 is 1. The molecule has 0 aromatic rings. The van der Waals surface area contributed by atoms with Gasteiger partial charge in [0.2, 0.25) is 0 Å². The van der Waals surface area contributed by atoms with Crippen molar-refractivity contribution in [1.29, 1.82) is 0 Å². The third-order valence-corrected chi connectivity index (χ3v) is 1.79. The van der Waals surface area contributed by atoms with Gasteiger partial charge in [0.15, 0.2) is 0 Å². The fourth-order valence-corrected chi connectivity index (χ4v) is 0.816. The van der Waals surface area contributed by atoms with E-state index in [1.54, 1.807) is 13.2 Å². The molecule has 0 aliphatic rings. The Hall–Kier alpha value is -0.760. The monoisotopic (exact) mass is 184 g/mol. The standard InChI is InChI=1S/C11H20O2/c1-6-9-13-11(3,4)8-7-10(2)12-5/h6-7H,1,8-9H2,2-5H3. The maximum atomic E-state index is 5.56. The number of hydrogen-bond donors (Lipinski definition) is 0. The van der Waals surface area contributed by atoms with Gasteiger partial charge in [0.25, 0.3) is 0 Å². The first-order chi connectivity index (χ1) is 6.02. The van der Waals surface area contributed by atoms with Crippen molar-refractivity contribution in [1.82, 2.24) is 0 Å². The molecule has 0 aliphatic heterocycles. The quantitative estimate of drug-likeness (QED) is 0.467. The Morgan fingerprint density at radius 2 is 2.08 bits per heavy atom. The molecule has 0 bridgehead atoms. The minimum atomic E-state index is -0.145. The van der Waals surface area contributed by atoms with Crippen molar-refractivity contribution < 1.29 is 9.47 Å². The topological polar surface area (TPSA) is 18.5 Å². The highest BCUT2D eigenvalue weighted by atomic mass is 16.5. The summed E-state index contributed by atoms with van der Waals surface area (Å²) in [5, 5.41) is 0. The van der Waals surface area contributed by atoms with Crippen LogP contribution < -0.4 is 0 Å². The summed E-state index contributed by atoms with van der Waals surface area (Å²) in [6.45, 7) is 10.2. The molecule has 0 spiro atoms. The van der Waals surface area contributed by atoms with E-state index in [0.717, 1.165) is 12.2 Å². The van der Waals surface area contributed by atoms with Crippen molar-refractivity contribution in [2.45, 2.75) is 32.8 Å². The molecular formula is C11H20O2. The van der Waals surface area contributed by atoms with Crippen LogP contribution in [0.5, 0.6) is 0 Å². The summed E-state index contributed by atoms with van der Waals surface area (Å²) in [6.07, 6.45) is 4.64. The zero-order chi connectivity index (χ0) is 10.3. The second-order valence-corrected chi connectivity index (χ2v) is 3.58. The number of hydrogen-bond acceptors (Lipinski definition) is 2. The molecule has 0 fully saturated rings. The van der Waals surface area contributed by atoms with Gasteiger partial charge in [0.05, 0.1) is 25.1 Å². The minimum absolute atomic E-state index is 0.145. The summed E-state index contributed by atoms with van der Waals surface area (Å²) in [7, 11) is 1.67. The third-order valence-electron chi connectivity index (χ3n) is 1.79. The van der Waals surface area contributed by atoms with E-state index in [9.17, 15) is 0 Å². The molecule has 2 heteroatoms. The Labute approximate surface area is 81.2 Å². The van der Waals surface area contributed by atoms with Crippen LogP contribution in [0.3, 0.4) is 0 Å². The van der Waals surface area contributed by atoms with Gasteiger partial charge in [-0.15, -0.1) is 6.58 Å². The maximum absolute atomic E-state index is 5.56. The van der Waals surface area contributed by atoms with Crippen molar-refractivity contribution >= 4 is 0 Å². The van der Waals surface area contributed by atoms with Crippen molar-refractivity contribution in [3.63, 3.8) is 0 Å². The first-order valence-corrected chi connectivity index (χ1v) is 4.47. The summed E-state index contributed by atoms with van der Waals surface area (Å²) in [4.78, 5) is 0. The molecule has 0 rings (SSSR count). The van der Waals surface area contributed by atoms with Crippen LogP contribution in [0.25, 0.3) is 0 Å². The lowest BCUT2D eigenvalue weighted by atomic mass is 10.0. The Balaban J connectivity index is 3.93. The lowest BCUT2D eigenvalue weighted by Crippen LogP contribution is -2.23. The van der Waals surface area contributed by atoms with E-state index >= 15 is 0 Å². The predicted octanol–water partition coefficient (Wildman–Crippen LogP) is 2.91. The normalized spacial score (nSPS) is 12.8. The van der Waals surface area contributed by atoms with Crippen LogP contribution >= 0.6 is 0 Å². The Bertz CT molecular complexity index is 181. The van der Waals surface area contributed by atoms with Gasteiger partial charge in [-0.05, 0) is 33.3 Å². The van der Waals surface area contributed by atoms with Crippen LogP contribution in [0.2, 0.25) is 0 Å². The van der Waals surface area contributed by atoms with Crippen LogP contribution in [0, 0.1) is 0 Å². The van der Waals surface area contributed by atoms with Crippen LogP contribution in [0.15, 0.2) is 24.5 Å². The van der Waals surface area contributed by atoms with E-state index < -0.39 is 0 Å². The van der Waals surface area contributed by atoms with Crippen molar-refractivity contribution in [2.75, 3.05) is 13.7 Å². The number of ether oxygens (including phenoxy) is 2. The van der Waals surface area contributed by atoms with Gasteiger partial charge in [-0.3, -0.25) is 0 Å². The van der Waals surface area contributed by atoms with Crippen LogP contribution in [-0.4, -0.2) is 19.3 Å². The summed E-state index contributed by atoms with van der Waals surface area (Å²) >= 11 is 0. The molecule has 13 heavy (non-hydrogen) atoms. The predicted molar refractivity (Wildman–Crippen MR) is 55.6 cm³/mol. The molecule has 0 heterocycles. The lowest BCUT2D eigenvalue weighted by Gasteiger charge is -2.23. The maximum Gasteiger partial charge on any atom is 0.0885 e. The van der Waals surface area contributed by atoms with Crippen molar-refractivity contribution in [3.8, 4) is 0 Å². The van der Waals surface area contributed by atoms with Gasteiger partial charge in [-0.2, -0.15) is 0 Å². The van der Waals surface area contributed by atoms with Crippen LogP contribution in [0.1, 0.15) is 27.2 Å². The summed E-state index contributed by atoms with van der Waals surface area (Å²) in [5.74, 6) is 0.926. The SMILES string of the molecule is C=CCOC(C)(C)CC=C(C)OC. The fraction of sp³-hybridized carbons (Fsp3) is 0.636. The van der Waals surface area contributed by atoms with E-state index in [2.05, 4.69) is 20.4 Å². The highest BCUT2D eigenvalue weighted by Crippen LogP contribution is 2.16. The highest BCUT2D eigenvalue weighted by Gasteiger charge is 2.15.